The number of aliphatic hydroxyl groups is 1. The van der Waals surface area contributed by atoms with E-state index in [1.807, 2.05) is 25.1 Å². The van der Waals surface area contributed by atoms with Crippen LogP contribution in [-0.4, -0.2) is 76.3 Å². The largest absolute Gasteiger partial charge is 0.492 e. The number of nitrogens with two attached hydrogens (primary N) is 1. The first-order chi connectivity index (χ1) is 18.5. The molecular formula is C27H36FN5O5S. The van der Waals surface area contributed by atoms with Gasteiger partial charge in [-0.25, -0.2) is 9.37 Å². The van der Waals surface area contributed by atoms with Crippen molar-refractivity contribution in [1.82, 2.24) is 20.5 Å². The molecule has 2 fully saturated rings. The number of nitrogens with zero attached hydrogens (tertiary/aromatic N) is 2. The molecular weight excluding hydrogens is 525 g/mol. The summed E-state index contributed by atoms with van der Waals surface area (Å²) in [5, 5.41) is 15.7. The number of ether oxygens (including phenoxy) is 1. The number of nitrogens with one attached hydrogen (secondary N) is 2. The van der Waals surface area contributed by atoms with Gasteiger partial charge in [-0.3, -0.25) is 14.4 Å². The van der Waals surface area contributed by atoms with Crippen LogP contribution in [-0.2, 0) is 20.9 Å². The van der Waals surface area contributed by atoms with Gasteiger partial charge in [0.05, 0.1) is 22.2 Å². The smallest absolute Gasteiger partial charge is 0.258 e. The van der Waals surface area contributed by atoms with Crippen LogP contribution in [0.5, 0.6) is 5.75 Å². The molecule has 2 unspecified atom stereocenters. The highest BCUT2D eigenvalue weighted by atomic mass is 32.1. The van der Waals surface area contributed by atoms with Crippen molar-refractivity contribution in [2.75, 3.05) is 19.7 Å². The average Bonchev–Trinajstić information content (AvgIpc) is 3.32. The number of benzene rings is 1. The Bertz CT molecular complexity index is 1220. The van der Waals surface area contributed by atoms with E-state index in [-0.39, 0.29) is 38.3 Å². The standard InChI is InChI=1S/C27H36FN5O5S/c1-15(2)22(32-26(37)27(28)6-7-27)25(36)33-13-19(34)11-20(33)24(35)30-12-18-5-4-17(10-21(18)38-9-8-29)23-16(3)31-14-39-23/h4-5,10,14-15,19-20,22,34H,6-9,11-13,29H2,1-3H3,(H,30,35)(H,32,37)/t19?,20?,22-/m0/s1. The van der Waals surface area contributed by atoms with Gasteiger partial charge < -0.3 is 31.1 Å². The van der Waals surface area contributed by atoms with Crippen LogP contribution in [0.2, 0.25) is 0 Å². The van der Waals surface area contributed by atoms with Gasteiger partial charge in [-0.15, -0.1) is 11.3 Å². The Kier molecular flexibility index (Phi) is 8.87. The molecule has 2 aromatic rings. The number of rotatable bonds is 11. The Hall–Kier alpha value is -3.09. The molecule has 1 aliphatic heterocycles. The number of thiazole rings is 1. The Morgan fingerprint density at radius 1 is 1.33 bits per heavy atom. The molecule has 1 aromatic heterocycles. The second-order valence-electron chi connectivity index (χ2n) is 10.5. The number of amides is 3. The lowest BCUT2D eigenvalue weighted by Gasteiger charge is -2.30. The molecule has 39 heavy (non-hydrogen) atoms. The first kappa shape index (κ1) is 28.9. The van der Waals surface area contributed by atoms with E-state index in [0.717, 1.165) is 21.7 Å². The molecule has 1 aromatic carbocycles. The Morgan fingerprint density at radius 2 is 2.08 bits per heavy atom. The van der Waals surface area contributed by atoms with Gasteiger partial charge in [0.15, 0.2) is 5.67 Å². The van der Waals surface area contributed by atoms with Crippen molar-refractivity contribution in [1.29, 1.82) is 0 Å². The number of aromatic nitrogens is 1. The molecule has 12 heteroatoms. The van der Waals surface area contributed by atoms with Crippen molar-refractivity contribution in [2.45, 2.75) is 70.4 Å². The zero-order valence-corrected chi connectivity index (χ0v) is 23.2. The number of hydrogen-bond acceptors (Lipinski definition) is 8. The summed E-state index contributed by atoms with van der Waals surface area (Å²) in [6, 6.07) is 3.74. The quantitative estimate of drug-likeness (QED) is 0.326. The van der Waals surface area contributed by atoms with Crippen LogP contribution in [0, 0.1) is 12.8 Å². The van der Waals surface area contributed by atoms with E-state index >= 15 is 0 Å². The van der Waals surface area contributed by atoms with Crippen molar-refractivity contribution in [2.24, 2.45) is 11.7 Å². The van der Waals surface area contributed by atoms with Crippen LogP contribution in [0.15, 0.2) is 23.7 Å². The third-order valence-corrected chi connectivity index (χ3v) is 8.06. The van der Waals surface area contributed by atoms with E-state index in [9.17, 15) is 23.9 Å². The Morgan fingerprint density at radius 3 is 2.69 bits per heavy atom. The number of hydrogen-bond donors (Lipinski definition) is 4. The fourth-order valence-electron chi connectivity index (χ4n) is 4.63. The van der Waals surface area contributed by atoms with E-state index in [0.29, 0.717) is 18.9 Å². The first-order valence-electron chi connectivity index (χ1n) is 13.2. The number of carbonyl (C=O) groups excluding carboxylic acids is 3. The summed E-state index contributed by atoms with van der Waals surface area (Å²) in [5.41, 5.74) is 8.06. The minimum Gasteiger partial charge on any atom is -0.492 e. The molecule has 1 saturated carbocycles. The summed E-state index contributed by atoms with van der Waals surface area (Å²) >= 11 is 1.52. The maximum absolute atomic E-state index is 14.3. The number of alkyl halides is 1. The highest BCUT2D eigenvalue weighted by Gasteiger charge is 2.52. The summed E-state index contributed by atoms with van der Waals surface area (Å²) < 4.78 is 20.1. The second kappa shape index (κ2) is 12.0. The van der Waals surface area contributed by atoms with E-state index in [2.05, 4.69) is 15.6 Å². The topological polar surface area (TPSA) is 147 Å². The molecule has 2 heterocycles. The molecule has 10 nitrogen and oxygen atoms in total. The number of carbonyl (C=O) groups is 3. The lowest BCUT2D eigenvalue weighted by Crippen LogP contribution is -2.56. The zero-order chi connectivity index (χ0) is 28.3. The maximum atomic E-state index is 14.3. The molecule has 1 saturated heterocycles. The maximum Gasteiger partial charge on any atom is 0.258 e. The predicted octanol–water partition coefficient (Wildman–Crippen LogP) is 1.68. The number of halogens is 1. The molecule has 3 atom stereocenters. The zero-order valence-electron chi connectivity index (χ0n) is 22.4. The fourth-order valence-corrected chi connectivity index (χ4v) is 5.43. The average molecular weight is 562 g/mol. The summed E-state index contributed by atoms with van der Waals surface area (Å²) in [4.78, 5) is 45.6. The number of aliphatic hydroxyl groups excluding tert-OH is 1. The van der Waals surface area contributed by atoms with Crippen LogP contribution < -0.4 is 21.1 Å². The fraction of sp³-hybridized carbons (Fsp3) is 0.556. The normalized spacial score (nSPS) is 20.5. The molecule has 0 radical (unpaired) electrons. The highest BCUT2D eigenvalue weighted by Crippen LogP contribution is 2.40. The van der Waals surface area contributed by atoms with Gasteiger partial charge in [0, 0.05) is 31.6 Å². The van der Waals surface area contributed by atoms with Gasteiger partial charge in [-0.1, -0.05) is 26.0 Å². The molecule has 3 amide bonds. The molecule has 0 spiro atoms. The van der Waals surface area contributed by atoms with E-state index < -0.39 is 41.6 Å². The molecule has 5 N–H and O–H groups in total. The number of likely N-dealkylation sites (tertiary alicyclic amines) is 1. The van der Waals surface area contributed by atoms with Crippen molar-refractivity contribution in [3.63, 3.8) is 0 Å². The number of β-amino-alcohol motifs (C(OH)–C–C–N with tert-alkyl or cyclic N) is 1. The van der Waals surface area contributed by atoms with Crippen molar-refractivity contribution in [3.8, 4) is 16.2 Å². The SMILES string of the molecule is Cc1ncsc1-c1ccc(CNC(=O)C2CC(O)CN2C(=O)[C@@H](NC(=O)C2(F)CC2)C(C)C)c(OCCN)c1. The molecule has 2 aliphatic rings. The minimum absolute atomic E-state index is 0.0511. The summed E-state index contributed by atoms with van der Waals surface area (Å²) in [5.74, 6) is -1.53. The third-order valence-electron chi connectivity index (χ3n) is 7.08. The number of aryl methyl sites for hydroxylation is 1. The molecule has 212 valence electrons. The monoisotopic (exact) mass is 561 g/mol. The van der Waals surface area contributed by atoms with Crippen LogP contribution in [0.3, 0.4) is 0 Å². The van der Waals surface area contributed by atoms with Crippen molar-refractivity contribution in [3.05, 3.63) is 35.0 Å². The second-order valence-corrected chi connectivity index (χ2v) is 11.4. The van der Waals surface area contributed by atoms with Crippen LogP contribution >= 0.6 is 11.3 Å². The van der Waals surface area contributed by atoms with Crippen molar-refractivity contribution < 1.29 is 28.6 Å². The van der Waals surface area contributed by atoms with Gasteiger partial charge in [0.25, 0.3) is 5.91 Å². The van der Waals surface area contributed by atoms with Crippen LogP contribution in [0.25, 0.3) is 10.4 Å². The first-order valence-corrected chi connectivity index (χ1v) is 14.0. The Labute approximate surface area is 231 Å². The van der Waals surface area contributed by atoms with Gasteiger partial charge >= 0.3 is 0 Å². The molecule has 4 rings (SSSR count). The van der Waals surface area contributed by atoms with E-state index in [1.54, 1.807) is 19.4 Å². The predicted molar refractivity (Wildman–Crippen MR) is 145 cm³/mol. The van der Waals surface area contributed by atoms with Gasteiger partial charge in [-0.05, 0) is 37.3 Å². The summed E-state index contributed by atoms with van der Waals surface area (Å²) in [6.45, 7) is 6.11. The lowest BCUT2D eigenvalue weighted by molar-refractivity contribution is -0.143. The highest BCUT2D eigenvalue weighted by molar-refractivity contribution is 7.13. The minimum atomic E-state index is -1.92. The van der Waals surface area contributed by atoms with E-state index in [4.69, 9.17) is 10.5 Å². The van der Waals surface area contributed by atoms with Gasteiger partial charge in [0.1, 0.15) is 24.4 Å². The van der Waals surface area contributed by atoms with Crippen molar-refractivity contribution >= 4 is 29.1 Å². The van der Waals surface area contributed by atoms with Crippen LogP contribution in [0.1, 0.15) is 44.4 Å². The summed E-state index contributed by atoms with van der Waals surface area (Å²) in [6.07, 6.45) is -0.571. The Balaban J connectivity index is 1.46. The molecule has 0 bridgehead atoms. The van der Waals surface area contributed by atoms with Gasteiger partial charge in [0.2, 0.25) is 11.8 Å². The lowest BCUT2D eigenvalue weighted by atomic mass is 10.0. The third kappa shape index (κ3) is 6.56. The summed E-state index contributed by atoms with van der Waals surface area (Å²) in [7, 11) is 0. The van der Waals surface area contributed by atoms with E-state index in [1.165, 1.54) is 16.2 Å². The molecule has 1 aliphatic carbocycles. The van der Waals surface area contributed by atoms with Crippen LogP contribution in [0.4, 0.5) is 4.39 Å². The van der Waals surface area contributed by atoms with Gasteiger partial charge in [-0.2, -0.15) is 0 Å².